The minimum atomic E-state index is -4.18. The fourth-order valence-corrected chi connectivity index (χ4v) is 0.890. The van der Waals surface area contributed by atoms with Crippen LogP contribution in [-0.4, -0.2) is 23.9 Å². The molecule has 0 saturated heterocycles. The van der Waals surface area contributed by atoms with Crippen LogP contribution in [0.1, 0.15) is 5.56 Å². The second-order valence-corrected chi connectivity index (χ2v) is 3.06. The van der Waals surface area contributed by atoms with Crippen molar-refractivity contribution in [2.75, 3.05) is 6.61 Å². The van der Waals surface area contributed by atoms with Gasteiger partial charge in [0.15, 0.2) is 6.61 Å². The maximum Gasteiger partial charge on any atom is 0.340 e. The van der Waals surface area contributed by atoms with E-state index in [9.17, 15) is 17.6 Å². The smallest absolute Gasteiger partial charge is 0.340 e. The van der Waals surface area contributed by atoms with Gasteiger partial charge >= 0.3 is 12.3 Å². The van der Waals surface area contributed by atoms with Crippen LogP contribution < -0.4 is 10.5 Å². The number of rotatable bonds is 5. The molecule has 0 saturated carbocycles. The first-order chi connectivity index (χ1) is 7.45. The van der Waals surface area contributed by atoms with Crippen LogP contribution >= 0.6 is 0 Å². The number of halogens is 4. The van der Waals surface area contributed by atoms with Gasteiger partial charge in [0.1, 0.15) is 0 Å². The zero-order valence-electron chi connectivity index (χ0n) is 8.17. The highest BCUT2D eigenvalue weighted by atomic mass is 19.3. The average Bonchev–Trinajstić information content (AvgIpc) is 2.26. The number of alkyl halides is 4. The zero-order valence-corrected chi connectivity index (χ0v) is 8.17. The molecule has 0 bridgehead atoms. The molecule has 3 nitrogen and oxygen atoms in total. The Kier molecular flexibility index (Phi) is 4.05. The van der Waals surface area contributed by atoms with Crippen molar-refractivity contribution >= 4 is 0 Å². The molecule has 2 N–H and O–H groups in total. The van der Waals surface area contributed by atoms with Crippen molar-refractivity contribution in [1.82, 2.24) is 4.98 Å². The van der Waals surface area contributed by atoms with Gasteiger partial charge in [-0.15, -0.1) is 0 Å². The van der Waals surface area contributed by atoms with Crippen LogP contribution in [0, 0.1) is 0 Å². The van der Waals surface area contributed by atoms with E-state index in [0.717, 1.165) is 0 Å². The van der Waals surface area contributed by atoms with Crippen molar-refractivity contribution in [1.29, 1.82) is 0 Å². The summed E-state index contributed by atoms with van der Waals surface area (Å²) in [7, 11) is 0. The maximum atomic E-state index is 12.5. The van der Waals surface area contributed by atoms with Gasteiger partial charge in [-0.05, 0) is 11.6 Å². The number of pyridine rings is 1. The third-order valence-electron chi connectivity index (χ3n) is 1.77. The monoisotopic (exact) mass is 238 g/mol. The fraction of sp³-hybridized carbons (Fsp3) is 0.444. The summed E-state index contributed by atoms with van der Waals surface area (Å²) in [6, 6.07) is 2.89. The molecule has 0 fully saturated rings. The van der Waals surface area contributed by atoms with E-state index in [4.69, 9.17) is 5.73 Å². The fourth-order valence-electron chi connectivity index (χ4n) is 0.890. The predicted octanol–water partition coefficient (Wildman–Crippen LogP) is 1.82. The summed E-state index contributed by atoms with van der Waals surface area (Å²) in [6.07, 6.45) is -2.46. The minimum Gasteiger partial charge on any atom is -0.471 e. The Hall–Kier alpha value is -1.37. The Bertz CT molecular complexity index is 346. The van der Waals surface area contributed by atoms with Crippen molar-refractivity contribution in [3.63, 3.8) is 0 Å². The number of nitrogens with two attached hydrogens (primary N) is 1. The summed E-state index contributed by atoms with van der Waals surface area (Å²) in [5.74, 6) is -4.33. The lowest BCUT2D eigenvalue weighted by atomic mass is 10.3. The summed E-state index contributed by atoms with van der Waals surface area (Å²) in [5, 5.41) is 0. The van der Waals surface area contributed by atoms with E-state index in [2.05, 4.69) is 9.72 Å². The van der Waals surface area contributed by atoms with Gasteiger partial charge < -0.3 is 10.5 Å². The number of hydrogen-bond donors (Lipinski definition) is 1. The molecule has 0 radical (unpaired) electrons. The van der Waals surface area contributed by atoms with E-state index in [1.807, 2.05) is 0 Å². The van der Waals surface area contributed by atoms with Crippen LogP contribution in [0.25, 0.3) is 0 Å². The molecule has 0 spiro atoms. The number of hydrogen-bond acceptors (Lipinski definition) is 3. The van der Waals surface area contributed by atoms with Crippen LogP contribution in [0.4, 0.5) is 17.6 Å². The lowest BCUT2D eigenvalue weighted by Gasteiger charge is -2.15. The predicted molar refractivity (Wildman–Crippen MR) is 48.6 cm³/mol. The molecule has 0 aliphatic heterocycles. The van der Waals surface area contributed by atoms with Gasteiger partial charge in [-0.1, -0.05) is 0 Å². The van der Waals surface area contributed by atoms with Crippen LogP contribution in [0.15, 0.2) is 18.3 Å². The molecular formula is C9H10F4N2O. The number of aromatic nitrogens is 1. The van der Waals surface area contributed by atoms with Crippen molar-refractivity contribution in [3.05, 3.63) is 23.9 Å². The van der Waals surface area contributed by atoms with Crippen molar-refractivity contribution in [2.24, 2.45) is 5.73 Å². The zero-order chi connectivity index (χ0) is 12.2. The largest absolute Gasteiger partial charge is 0.471 e. The minimum absolute atomic E-state index is 0.150. The molecule has 0 atom stereocenters. The molecule has 7 heteroatoms. The highest BCUT2D eigenvalue weighted by Crippen LogP contribution is 2.23. The molecule has 0 aromatic carbocycles. The van der Waals surface area contributed by atoms with Gasteiger partial charge in [-0.3, -0.25) is 0 Å². The van der Waals surface area contributed by atoms with E-state index < -0.39 is 19.0 Å². The maximum absolute atomic E-state index is 12.5. The van der Waals surface area contributed by atoms with Gasteiger partial charge in [-0.25, -0.2) is 13.8 Å². The van der Waals surface area contributed by atoms with E-state index in [1.54, 1.807) is 6.07 Å². The molecule has 1 aromatic heterocycles. The molecule has 90 valence electrons. The molecule has 16 heavy (non-hydrogen) atoms. The Morgan fingerprint density at radius 1 is 1.44 bits per heavy atom. The van der Waals surface area contributed by atoms with Crippen molar-refractivity contribution < 1.29 is 22.3 Å². The first-order valence-corrected chi connectivity index (χ1v) is 4.39. The third kappa shape index (κ3) is 3.34. The van der Waals surface area contributed by atoms with Crippen LogP contribution in [0.2, 0.25) is 0 Å². The van der Waals surface area contributed by atoms with Crippen LogP contribution in [0.3, 0.4) is 0 Å². The van der Waals surface area contributed by atoms with Crippen molar-refractivity contribution in [2.45, 2.75) is 18.9 Å². The van der Waals surface area contributed by atoms with E-state index >= 15 is 0 Å². The third-order valence-corrected chi connectivity index (χ3v) is 1.77. The Labute approximate surface area is 89.2 Å². The van der Waals surface area contributed by atoms with Gasteiger partial charge in [0.25, 0.3) is 0 Å². The molecule has 1 aromatic rings. The first kappa shape index (κ1) is 12.7. The second kappa shape index (κ2) is 5.11. The number of nitrogens with zero attached hydrogens (tertiary/aromatic N) is 1. The summed E-state index contributed by atoms with van der Waals surface area (Å²) in [6.45, 7) is -1.23. The van der Waals surface area contributed by atoms with Crippen LogP contribution in [0.5, 0.6) is 5.88 Å². The van der Waals surface area contributed by atoms with Gasteiger partial charge in [0, 0.05) is 18.8 Å². The molecule has 0 aliphatic rings. The summed E-state index contributed by atoms with van der Waals surface area (Å²) >= 11 is 0. The van der Waals surface area contributed by atoms with Gasteiger partial charge in [0.05, 0.1) is 0 Å². The quantitative estimate of drug-likeness (QED) is 0.796. The highest BCUT2D eigenvalue weighted by molar-refractivity contribution is 5.20. The standard InChI is InChI=1S/C9H10F4N2O/c10-8(11)9(12,13)5-16-7-3-6(4-14)1-2-15-7/h1-3,8H,4-5,14H2. The molecule has 1 rings (SSSR count). The highest BCUT2D eigenvalue weighted by Gasteiger charge is 2.41. The Balaban J connectivity index is 2.60. The summed E-state index contributed by atoms with van der Waals surface area (Å²) in [5.41, 5.74) is 5.91. The van der Waals surface area contributed by atoms with Crippen molar-refractivity contribution in [3.8, 4) is 5.88 Å². The average molecular weight is 238 g/mol. The van der Waals surface area contributed by atoms with E-state index in [-0.39, 0.29) is 12.4 Å². The second-order valence-electron chi connectivity index (χ2n) is 3.06. The number of ether oxygens (including phenoxy) is 1. The Morgan fingerprint density at radius 2 is 2.12 bits per heavy atom. The lowest BCUT2D eigenvalue weighted by Crippen LogP contribution is -2.33. The van der Waals surface area contributed by atoms with E-state index in [0.29, 0.717) is 5.56 Å². The molecule has 0 unspecified atom stereocenters. The summed E-state index contributed by atoms with van der Waals surface area (Å²) < 4.78 is 53.0. The molecule has 0 amide bonds. The van der Waals surface area contributed by atoms with E-state index in [1.165, 1.54) is 12.3 Å². The lowest BCUT2D eigenvalue weighted by molar-refractivity contribution is -0.148. The Morgan fingerprint density at radius 3 is 2.69 bits per heavy atom. The normalized spacial score (nSPS) is 11.9. The molecule has 0 aliphatic carbocycles. The SMILES string of the molecule is NCc1ccnc(OCC(F)(F)C(F)F)c1. The van der Waals surface area contributed by atoms with Crippen LogP contribution in [-0.2, 0) is 6.54 Å². The molecule has 1 heterocycles. The topological polar surface area (TPSA) is 48.1 Å². The summed E-state index contributed by atoms with van der Waals surface area (Å²) in [4.78, 5) is 3.59. The van der Waals surface area contributed by atoms with Gasteiger partial charge in [0.2, 0.25) is 5.88 Å². The van der Waals surface area contributed by atoms with Gasteiger partial charge in [-0.2, -0.15) is 8.78 Å². The molecular weight excluding hydrogens is 228 g/mol. The first-order valence-electron chi connectivity index (χ1n) is 4.39.